The van der Waals surface area contributed by atoms with Crippen LogP contribution in [0.2, 0.25) is 0 Å². The normalized spacial score (nSPS) is 10.8. The standard InChI is InChI=1S/C12H8N2OS2/c15-8-2-1-3-9(6-8)17-12-10-4-5-16-11(10)13-7-14-12/h1-7,15H. The molecule has 0 saturated carbocycles. The summed E-state index contributed by atoms with van der Waals surface area (Å²) < 4.78 is 0. The summed E-state index contributed by atoms with van der Waals surface area (Å²) in [5, 5.41) is 13.4. The van der Waals surface area contributed by atoms with Crippen LogP contribution in [0.4, 0.5) is 0 Å². The summed E-state index contributed by atoms with van der Waals surface area (Å²) >= 11 is 3.13. The Morgan fingerprint density at radius 1 is 1.18 bits per heavy atom. The van der Waals surface area contributed by atoms with Gasteiger partial charge in [0, 0.05) is 10.3 Å². The summed E-state index contributed by atoms with van der Waals surface area (Å²) in [5.41, 5.74) is 0. The van der Waals surface area contributed by atoms with Gasteiger partial charge in [0.1, 0.15) is 21.9 Å². The van der Waals surface area contributed by atoms with Crippen molar-refractivity contribution in [2.24, 2.45) is 0 Å². The van der Waals surface area contributed by atoms with E-state index >= 15 is 0 Å². The first-order chi connectivity index (χ1) is 8.33. The number of phenolic OH excluding ortho intramolecular Hbond substituents is 1. The van der Waals surface area contributed by atoms with Gasteiger partial charge in [0.15, 0.2) is 0 Å². The molecule has 5 heteroatoms. The fourth-order valence-electron chi connectivity index (χ4n) is 1.51. The Labute approximate surface area is 106 Å². The van der Waals surface area contributed by atoms with Crippen LogP contribution in [-0.4, -0.2) is 15.1 Å². The second-order valence-electron chi connectivity index (χ2n) is 3.42. The summed E-state index contributed by atoms with van der Waals surface area (Å²) in [7, 11) is 0. The third-order valence-electron chi connectivity index (χ3n) is 2.26. The molecule has 0 saturated heterocycles. The molecule has 2 aromatic heterocycles. The highest BCUT2D eigenvalue weighted by molar-refractivity contribution is 7.99. The van der Waals surface area contributed by atoms with E-state index in [1.54, 1.807) is 29.8 Å². The summed E-state index contributed by atoms with van der Waals surface area (Å²) in [6.45, 7) is 0. The van der Waals surface area contributed by atoms with Gasteiger partial charge in [0.2, 0.25) is 0 Å². The van der Waals surface area contributed by atoms with Crippen LogP contribution in [-0.2, 0) is 0 Å². The van der Waals surface area contributed by atoms with Crippen LogP contribution in [0.5, 0.6) is 5.75 Å². The molecule has 0 atom stereocenters. The van der Waals surface area contributed by atoms with Crippen molar-refractivity contribution >= 4 is 33.3 Å². The smallest absolute Gasteiger partial charge is 0.127 e. The summed E-state index contributed by atoms with van der Waals surface area (Å²) in [5.74, 6) is 0.269. The molecule has 1 aromatic carbocycles. The number of thiophene rings is 1. The zero-order valence-electron chi connectivity index (χ0n) is 8.70. The van der Waals surface area contributed by atoms with Gasteiger partial charge in [-0.2, -0.15) is 0 Å². The first-order valence-corrected chi connectivity index (χ1v) is 6.67. The summed E-state index contributed by atoms with van der Waals surface area (Å²) in [6.07, 6.45) is 1.57. The zero-order valence-corrected chi connectivity index (χ0v) is 10.3. The average molecular weight is 260 g/mol. The average Bonchev–Trinajstić information content (AvgIpc) is 2.78. The molecule has 0 unspecified atom stereocenters. The Morgan fingerprint density at radius 3 is 3.00 bits per heavy atom. The monoisotopic (exact) mass is 260 g/mol. The Kier molecular flexibility index (Phi) is 2.70. The zero-order chi connectivity index (χ0) is 11.7. The Hall–Kier alpha value is -1.59. The largest absolute Gasteiger partial charge is 0.508 e. The van der Waals surface area contributed by atoms with Crippen LogP contribution >= 0.6 is 23.1 Å². The van der Waals surface area contributed by atoms with Gasteiger partial charge in [-0.05, 0) is 29.6 Å². The molecule has 17 heavy (non-hydrogen) atoms. The first kappa shape index (κ1) is 10.6. The maximum absolute atomic E-state index is 9.42. The van der Waals surface area contributed by atoms with E-state index in [9.17, 15) is 5.11 Å². The van der Waals surface area contributed by atoms with Crippen molar-refractivity contribution in [3.05, 3.63) is 42.0 Å². The molecule has 0 radical (unpaired) electrons. The van der Waals surface area contributed by atoms with Gasteiger partial charge in [-0.15, -0.1) is 11.3 Å². The van der Waals surface area contributed by atoms with Gasteiger partial charge in [0.25, 0.3) is 0 Å². The fourth-order valence-corrected chi connectivity index (χ4v) is 3.23. The van der Waals surface area contributed by atoms with E-state index in [0.29, 0.717) is 0 Å². The Balaban J connectivity index is 2.02. The van der Waals surface area contributed by atoms with Crippen molar-refractivity contribution in [2.45, 2.75) is 9.92 Å². The molecule has 3 aromatic rings. The highest BCUT2D eigenvalue weighted by Crippen LogP contribution is 2.33. The van der Waals surface area contributed by atoms with Gasteiger partial charge in [-0.25, -0.2) is 9.97 Å². The molecule has 0 amide bonds. The lowest BCUT2D eigenvalue weighted by Gasteiger charge is -2.02. The summed E-state index contributed by atoms with van der Waals surface area (Å²) in [6, 6.07) is 9.18. The van der Waals surface area contributed by atoms with Crippen molar-refractivity contribution in [3.8, 4) is 5.75 Å². The molecular formula is C12H8N2OS2. The van der Waals surface area contributed by atoms with E-state index in [4.69, 9.17) is 0 Å². The first-order valence-electron chi connectivity index (χ1n) is 4.98. The molecule has 3 rings (SSSR count). The quantitative estimate of drug-likeness (QED) is 0.716. The highest BCUT2D eigenvalue weighted by Gasteiger charge is 2.06. The van der Waals surface area contributed by atoms with Crippen LogP contribution < -0.4 is 0 Å². The van der Waals surface area contributed by atoms with Crippen LogP contribution in [0.1, 0.15) is 0 Å². The molecule has 0 aliphatic heterocycles. The number of hydrogen-bond donors (Lipinski definition) is 1. The second-order valence-corrected chi connectivity index (χ2v) is 5.37. The van der Waals surface area contributed by atoms with E-state index < -0.39 is 0 Å². The molecule has 2 heterocycles. The van der Waals surface area contributed by atoms with E-state index in [0.717, 1.165) is 20.1 Å². The van der Waals surface area contributed by atoms with Crippen LogP contribution in [0.25, 0.3) is 10.2 Å². The van der Waals surface area contributed by atoms with Gasteiger partial charge >= 0.3 is 0 Å². The number of benzene rings is 1. The fraction of sp³-hybridized carbons (Fsp3) is 0. The number of nitrogens with zero attached hydrogens (tertiary/aromatic N) is 2. The maximum atomic E-state index is 9.42. The van der Waals surface area contributed by atoms with Gasteiger partial charge in [0.05, 0.1) is 0 Å². The predicted octanol–water partition coefficient (Wildman–Crippen LogP) is 3.55. The van der Waals surface area contributed by atoms with Crippen molar-refractivity contribution in [1.82, 2.24) is 9.97 Å². The van der Waals surface area contributed by atoms with Crippen molar-refractivity contribution < 1.29 is 5.11 Å². The molecular weight excluding hydrogens is 252 g/mol. The van der Waals surface area contributed by atoms with Crippen LogP contribution in [0.15, 0.2) is 52.0 Å². The number of aromatic hydroxyl groups is 1. The topological polar surface area (TPSA) is 46.0 Å². The van der Waals surface area contributed by atoms with Crippen LogP contribution in [0, 0.1) is 0 Å². The lowest BCUT2D eigenvalue weighted by Crippen LogP contribution is -1.82. The lowest BCUT2D eigenvalue weighted by molar-refractivity contribution is 0.474. The number of fused-ring (bicyclic) bond motifs is 1. The van der Waals surface area contributed by atoms with E-state index in [1.807, 2.05) is 23.6 Å². The Bertz CT molecular complexity index is 666. The van der Waals surface area contributed by atoms with Gasteiger partial charge in [-0.3, -0.25) is 0 Å². The van der Waals surface area contributed by atoms with Gasteiger partial charge < -0.3 is 5.11 Å². The van der Waals surface area contributed by atoms with Crippen molar-refractivity contribution in [3.63, 3.8) is 0 Å². The van der Waals surface area contributed by atoms with E-state index in [1.165, 1.54) is 11.8 Å². The maximum Gasteiger partial charge on any atom is 0.127 e. The number of hydrogen-bond acceptors (Lipinski definition) is 5. The number of rotatable bonds is 2. The molecule has 0 bridgehead atoms. The molecule has 1 N–H and O–H groups in total. The van der Waals surface area contributed by atoms with E-state index in [-0.39, 0.29) is 5.75 Å². The molecule has 0 fully saturated rings. The SMILES string of the molecule is Oc1cccc(Sc2ncnc3sccc23)c1. The van der Waals surface area contributed by atoms with E-state index in [2.05, 4.69) is 9.97 Å². The molecule has 0 aliphatic rings. The Morgan fingerprint density at radius 2 is 2.12 bits per heavy atom. The van der Waals surface area contributed by atoms with Gasteiger partial charge in [-0.1, -0.05) is 17.8 Å². The number of phenols is 1. The molecule has 3 nitrogen and oxygen atoms in total. The lowest BCUT2D eigenvalue weighted by atomic mass is 10.3. The minimum absolute atomic E-state index is 0.269. The minimum Gasteiger partial charge on any atom is -0.508 e. The molecule has 0 spiro atoms. The second kappa shape index (κ2) is 4.35. The predicted molar refractivity (Wildman–Crippen MR) is 69.6 cm³/mol. The number of aromatic nitrogens is 2. The van der Waals surface area contributed by atoms with Crippen LogP contribution in [0.3, 0.4) is 0 Å². The van der Waals surface area contributed by atoms with Crippen molar-refractivity contribution in [2.75, 3.05) is 0 Å². The third-order valence-corrected chi connectivity index (χ3v) is 4.09. The minimum atomic E-state index is 0.269. The molecule has 0 aliphatic carbocycles. The summed E-state index contributed by atoms with van der Waals surface area (Å²) in [4.78, 5) is 10.4. The highest BCUT2D eigenvalue weighted by atomic mass is 32.2. The molecule has 84 valence electrons. The van der Waals surface area contributed by atoms with Crippen molar-refractivity contribution in [1.29, 1.82) is 0 Å². The third kappa shape index (κ3) is 2.11.